The maximum absolute atomic E-state index is 11.8. The van der Waals surface area contributed by atoms with Crippen molar-refractivity contribution in [2.24, 2.45) is 0 Å². The van der Waals surface area contributed by atoms with E-state index in [1.807, 2.05) is 12.1 Å². The average molecular weight is 414 g/mol. The second-order valence-electron chi connectivity index (χ2n) is 3.44. The van der Waals surface area contributed by atoms with Gasteiger partial charge in [0.25, 0.3) is 5.91 Å². The molecule has 0 aliphatic carbocycles. The van der Waals surface area contributed by atoms with Crippen molar-refractivity contribution < 1.29 is 14.6 Å². The van der Waals surface area contributed by atoms with Crippen LogP contribution in [0.15, 0.2) is 22.7 Å². The largest absolute Gasteiger partial charge is 0.389 e. The maximum atomic E-state index is 11.8. The minimum Gasteiger partial charge on any atom is -0.389 e. The highest BCUT2D eigenvalue weighted by atomic mass is 127. The Hall–Kier alpha value is -0.180. The number of hydrogen-bond acceptors (Lipinski definition) is 3. The zero-order chi connectivity index (χ0) is 12.8. The summed E-state index contributed by atoms with van der Waals surface area (Å²) >= 11 is 5.41. The number of ether oxygens (including phenoxy) is 1. The first kappa shape index (κ1) is 14.9. The zero-order valence-electron chi connectivity index (χ0n) is 9.24. The molecule has 0 heterocycles. The highest BCUT2D eigenvalue weighted by Gasteiger charge is 2.12. The number of rotatable bonds is 5. The van der Waals surface area contributed by atoms with Crippen molar-refractivity contribution in [3.8, 4) is 0 Å². The third-order valence-electron chi connectivity index (χ3n) is 2.03. The first-order valence-electron chi connectivity index (χ1n) is 4.95. The molecule has 1 atom stereocenters. The zero-order valence-corrected chi connectivity index (χ0v) is 13.0. The van der Waals surface area contributed by atoms with Crippen LogP contribution in [-0.2, 0) is 4.74 Å². The van der Waals surface area contributed by atoms with E-state index in [0.717, 1.165) is 8.04 Å². The van der Waals surface area contributed by atoms with Crippen LogP contribution < -0.4 is 5.32 Å². The number of aliphatic hydroxyl groups is 1. The summed E-state index contributed by atoms with van der Waals surface area (Å²) in [6, 6.07) is 5.48. The first-order chi connectivity index (χ1) is 8.04. The fourth-order valence-corrected chi connectivity index (χ4v) is 2.17. The van der Waals surface area contributed by atoms with E-state index in [9.17, 15) is 9.90 Å². The normalized spacial score (nSPS) is 12.2. The molecular weight excluding hydrogens is 401 g/mol. The molecule has 1 rings (SSSR count). The number of carbonyl (C=O) groups is 1. The minimum absolute atomic E-state index is 0.176. The van der Waals surface area contributed by atoms with Gasteiger partial charge < -0.3 is 15.2 Å². The molecule has 17 heavy (non-hydrogen) atoms. The summed E-state index contributed by atoms with van der Waals surface area (Å²) in [4.78, 5) is 11.8. The molecule has 0 saturated carbocycles. The van der Waals surface area contributed by atoms with Gasteiger partial charge in [-0.05, 0) is 40.8 Å². The fourth-order valence-electron chi connectivity index (χ4n) is 1.23. The Morgan fingerprint density at radius 3 is 3.00 bits per heavy atom. The van der Waals surface area contributed by atoms with Crippen molar-refractivity contribution in [3.63, 3.8) is 0 Å². The molecule has 0 radical (unpaired) electrons. The highest BCUT2D eigenvalue weighted by molar-refractivity contribution is 14.1. The number of amides is 1. The minimum atomic E-state index is -0.686. The molecule has 0 aromatic heterocycles. The molecule has 1 aromatic carbocycles. The number of methoxy groups -OCH3 is 1. The Kier molecular flexibility index (Phi) is 6.39. The van der Waals surface area contributed by atoms with Gasteiger partial charge in [0, 0.05) is 21.7 Å². The molecule has 1 unspecified atom stereocenters. The predicted molar refractivity (Wildman–Crippen MR) is 77.1 cm³/mol. The summed E-state index contributed by atoms with van der Waals surface area (Å²) < 4.78 is 6.49. The molecule has 94 valence electrons. The molecular formula is C11H13BrINO3. The van der Waals surface area contributed by atoms with Crippen molar-refractivity contribution in [1.82, 2.24) is 5.32 Å². The van der Waals surface area contributed by atoms with Gasteiger partial charge in [-0.1, -0.05) is 15.9 Å². The quantitative estimate of drug-likeness (QED) is 0.723. The summed E-state index contributed by atoms with van der Waals surface area (Å²) in [5.74, 6) is -0.203. The number of aliphatic hydroxyl groups excluding tert-OH is 1. The van der Waals surface area contributed by atoms with E-state index < -0.39 is 6.10 Å². The lowest BCUT2D eigenvalue weighted by Crippen LogP contribution is -2.34. The van der Waals surface area contributed by atoms with Crippen LogP contribution in [-0.4, -0.2) is 37.4 Å². The highest BCUT2D eigenvalue weighted by Crippen LogP contribution is 2.18. The van der Waals surface area contributed by atoms with Gasteiger partial charge in [-0.15, -0.1) is 0 Å². The Labute approximate surface area is 122 Å². The van der Waals surface area contributed by atoms with Crippen molar-refractivity contribution in [2.75, 3.05) is 20.3 Å². The molecule has 2 N–H and O–H groups in total. The van der Waals surface area contributed by atoms with Gasteiger partial charge in [0.2, 0.25) is 0 Å². The summed E-state index contributed by atoms with van der Waals surface area (Å²) in [7, 11) is 1.50. The van der Waals surface area contributed by atoms with E-state index in [1.54, 1.807) is 6.07 Å². The summed E-state index contributed by atoms with van der Waals surface area (Å²) in [5, 5.41) is 12.1. The lowest BCUT2D eigenvalue weighted by molar-refractivity contribution is 0.0609. The first-order valence-corrected chi connectivity index (χ1v) is 6.82. The van der Waals surface area contributed by atoms with E-state index in [2.05, 4.69) is 43.8 Å². The van der Waals surface area contributed by atoms with Crippen molar-refractivity contribution in [2.45, 2.75) is 6.10 Å². The van der Waals surface area contributed by atoms with Crippen LogP contribution in [0.2, 0.25) is 0 Å². The standard InChI is InChI=1S/C11H13BrINO3/c1-17-6-8(15)5-14-11(16)9-4-7(12)2-3-10(9)13/h2-4,8,15H,5-6H2,1H3,(H,14,16). The van der Waals surface area contributed by atoms with Gasteiger partial charge in [0.05, 0.1) is 18.3 Å². The Morgan fingerprint density at radius 1 is 1.65 bits per heavy atom. The topological polar surface area (TPSA) is 58.6 Å². The number of hydrogen-bond donors (Lipinski definition) is 2. The van der Waals surface area contributed by atoms with Crippen LogP contribution in [0.4, 0.5) is 0 Å². The Morgan fingerprint density at radius 2 is 2.35 bits per heavy atom. The second-order valence-corrected chi connectivity index (χ2v) is 5.52. The molecule has 1 aromatic rings. The molecule has 4 nitrogen and oxygen atoms in total. The van der Waals surface area contributed by atoms with Crippen LogP contribution in [0, 0.1) is 3.57 Å². The van der Waals surface area contributed by atoms with Gasteiger partial charge in [0.1, 0.15) is 0 Å². The van der Waals surface area contributed by atoms with Crippen LogP contribution in [0.1, 0.15) is 10.4 Å². The molecule has 1 amide bonds. The van der Waals surface area contributed by atoms with Crippen LogP contribution >= 0.6 is 38.5 Å². The van der Waals surface area contributed by atoms with Crippen LogP contribution in [0.3, 0.4) is 0 Å². The maximum Gasteiger partial charge on any atom is 0.252 e. The molecule has 0 spiro atoms. The number of benzene rings is 1. The van der Waals surface area contributed by atoms with Crippen LogP contribution in [0.25, 0.3) is 0 Å². The van der Waals surface area contributed by atoms with Crippen molar-refractivity contribution in [3.05, 3.63) is 31.8 Å². The van der Waals surface area contributed by atoms with Gasteiger partial charge in [-0.2, -0.15) is 0 Å². The number of nitrogens with one attached hydrogen (secondary N) is 1. The van der Waals surface area contributed by atoms with E-state index in [0.29, 0.717) is 5.56 Å². The lowest BCUT2D eigenvalue weighted by Gasteiger charge is -2.11. The van der Waals surface area contributed by atoms with Gasteiger partial charge in [-0.3, -0.25) is 4.79 Å². The molecule has 0 saturated heterocycles. The molecule has 0 aliphatic heterocycles. The number of halogens is 2. The molecule has 0 fully saturated rings. The van der Waals surface area contributed by atoms with E-state index in [-0.39, 0.29) is 19.1 Å². The van der Waals surface area contributed by atoms with Gasteiger partial charge in [-0.25, -0.2) is 0 Å². The third kappa shape index (κ3) is 4.90. The van der Waals surface area contributed by atoms with Crippen LogP contribution in [0.5, 0.6) is 0 Å². The monoisotopic (exact) mass is 413 g/mol. The second kappa shape index (κ2) is 7.30. The lowest BCUT2D eigenvalue weighted by atomic mass is 10.2. The fraction of sp³-hybridized carbons (Fsp3) is 0.364. The Balaban J connectivity index is 2.61. The summed E-state index contributed by atoms with van der Waals surface area (Å²) in [6.45, 7) is 0.380. The average Bonchev–Trinajstić information content (AvgIpc) is 2.29. The molecule has 0 bridgehead atoms. The van der Waals surface area contributed by atoms with Gasteiger partial charge >= 0.3 is 0 Å². The third-order valence-corrected chi connectivity index (χ3v) is 3.46. The van der Waals surface area contributed by atoms with Crippen molar-refractivity contribution in [1.29, 1.82) is 0 Å². The smallest absolute Gasteiger partial charge is 0.252 e. The molecule has 6 heteroatoms. The van der Waals surface area contributed by atoms with Gasteiger partial charge in [0.15, 0.2) is 0 Å². The predicted octanol–water partition coefficient (Wildman–Crippen LogP) is 1.79. The summed E-state index contributed by atoms with van der Waals surface area (Å²) in [6.07, 6.45) is -0.686. The van der Waals surface area contributed by atoms with E-state index >= 15 is 0 Å². The Bertz CT molecular complexity index is 400. The van der Waals surface area contributed by atoms with E-state index in [1.165, 1.54) is 7.11 Å². The SMILES string of the molecule is COCC(O)CNC(=O)c1cc(Br)ccc1I. The molecule has 0 aliphatic rings. The summed E-state index contributed by atoms with van der Waals surface area (Å²) in [5.41, 5.74) is 0.588. The van der Waals surface area contributed by atoms with Crippen molar-refractivity contribution >= 4 is 44.4 Å². The van der Waals surface area contributed by atoms with E-state index in [4.69, 9.17) is 4.74 Å². The number of carbonyl (C=O) groups excluding carboxylic acids is 1.